The van der Waals surface area contributed by atoms with Crippen molar-refractivity contribution in [1.29, 1.82) is 0 Å². The molecule has 0 saturated heterocycles. The molecular formula is C7H13ClN. The van der Waals surface area contributed by atoms with Crippen LogP contribution in [0.5, 0.6) is 0 Å². The third-order valence-corrected chi connectivity index (χ3v) is 2.15. The van der Waals surface area contributed by atoms with E-state index in [9.17, 15) is 0 Å². The average molecular weight is 147 g/mol. The lowest BCUT2D eigenvalue weighted by atomic mass is 9.92. The highest BCUT2D eigenvalue weighted by Gasteiger charge is 2.29. The summed E-state index contributed by atoms with van der Waals surface area (Å²) in [5.74, 6) is 0. The van der Waals surface area contributed by atoms with Crippen LogP contribution in [0.25, 0.3) is 0 Å². The van der Waals surface area contributed by atoms with Crippen molar-refractivity contribution in [2.75, 3.05) is 0 Å². The molecule has 1 radical (unpaired) electrons. The molecule has 2 atom stereocenters. The minimum Gasteiger partial charge on any atom is -0.234 e. The molecule has 0 aromatic rings. The highest BCUT2D eigenvalue weighted by atomic mass is 35.5. The zero-order valence-electron chi connectivity index (χ0n) is 5.97. The third kappa shape index (κ3) is 1.84. The monoisotopic (exact) mass is 146 g/mol. The third-order valence-electron chi connectivity index (χ3n) is 1.65. The molecule has 1 nitrogen and oxygen atoms in total. The van der Waals surface area contributed by atoms with Crippen LogP contribution in [0.15, 0.2) is 0 Å². The van der Waals surface area contributed by atoms with Gasteiger partial charge >= 0.3 is 0 Å². The Hall–Kier alpha value is 0.250. The second-order valence-corrected chi connectivity index (χ2v) is 3.46. The van der Waals surface area contributed by atoms with Gasteiger partial charge in [-0.3, -0.25) is 0 Å². The van der Waals surface area contributed by atoms with Gasteiger partial charge in [-0.2, -0.15) is 0 Å². The lowest BCUT2D eigenvalue weighted by molar-refractivity contribution is 0.318. The Morgan fingerprint density at radius 3 is 2.22 bits per heavy atom. The van der Waals surface area contributed by atoms with Crippen molar-refractivity contribution in [3.8, 4) is 0 Å². The molecule has 1 aliphatic carbocycles. The first-order valence-corrected chi connectivity index (χ1v) is 3.98. The Bertz CT molecular complexity index is 92.9. The van der Waals surface area contributed by atoms with Gasteiger partial charge in [-0.15, -0.1) is 11.6 Å². The van der Waals surface area contributed by atoms with Gasteiger partial charge in [0.1, 0.15) is 0 Å². The molecule has 1 rings (SSSR count). The van der Waals surface area contributed by atoms with E-state index in [1.54, 1.807) is 0 Å². The Morgan fingerprint density at radius 1 is 1.44 bits per heavy atom. The average Bonchev–Trinajstić information content (AvgIpc) is 1.79. The van der Waals surface area contributed by atoms with E-state index < -0.39 is 0 Å². The van der Waals surface area contributed by atoms with Crippen LogP contribution in [0, 0.1) is 0 Å². The summed E-state index contributed by atoms with van der Waals surface area (Å²) in [7, 11) is 0. The molecule has 0 aromatic carbocycles. The number of rotatable bonds is 2. The standard InChI is InChI=1S/C7H13ClN/c1-5(2)9-7-4-3-6(7)8/h5-7H,3-4H2,1-2H3. The highest BCUT2D eigenvalue weighted by Crippen LogP contribution is 2.26. The summed E-state index contributed by atoms with van der Waals surface area (Å²) in [4.78, 5) is 0. The summed E-state index contributed by atoms with van der Waals surface area (Å²) in [6.07, 6.45) is 2.36. The van der Waals surface area contributed by atoms with Crippen LogP contribution in [0.2, 0.25) is 0 Å². The zero-order valence-corrected chi connectivity index (χ0v) is 6.73. The predicted octanol–water partition coefficient (Wildman–Crippen LogP) is 1.77. The normalized spacial score (nSPS) is 34.7. The van der Waals surface area contributed by atoms with Crippen molar-refractivity contribution in [3.63, 3.8) is 0 Å². The first kappa shape index (κ1) is 7.36. The van der Waals surface area contributed by atoms with Gasteiger partial charge in [-0.05, 0) is 26.7 Å². The maximum Gasteiger partial charge on any atom is 0.0506 e. The number of nitrogens with zero attached hydrogens (tertiary/aromatic N) is 1. The van der Waals surface area contributed by atoms with Crippen LogP contribution < -0.4 is 5.32 Å². The summed E-state index contributed by atoms with van der Waals surface area (Å²) >= 11 is 5.87. The van der Waals surface area contributed by atoms with E-state index in [1.807, 2.05) is 0 Å². The van der Waals surface area contributed by atoms with Gasteiger partial charge in [0.25, 0.3) is 0 Å². The number of hydrogen-bond donors (Lipinski definition) is 0. The van der Waals surface area contributed by atoms with Crippen molar-refractivity contribution in [1.82, 2.24) is 5.32 Å². The fourth-order valence-corrected chi connectivity index (χ4v) is 1.31. The summed E-state index contributed by atoms with van der Waals surface area (Å²) in [6.45, 7) is 4.20. The van der Waals surface area contributed by atoms with E-state index in [0.717, 1.165) is 6.42 Å². The van der Waals surface area contributed by atoms with E-state index in [0.29, 0.717) is 17.5 Å². The zero-order chi connectivity index (χ0) is 6.85. The van der Waals surface area contributed by atoms with Crippen LogP contribution in [-0.2, 0) is 0 Å². The second-order valence-electron chi connectivity index (χ2n) is 2.90. The lowest BCUT2D eigenvalue weighted by Crippen LogP contribution is -2.42. The van der Waals surface area contributed by atoms with Gasteiger partial charge < -0.3 is 0 Å². The van der Waals surface area contributed by atoms with Crippen molar-refractivity contribution < 1.29 is 0 Å². The fraction of sp³-hybridized carbons (Fsp3) is 1.00. The molecule has 1 fully saturated rings. The minimum absolute atomic E-state index is 0.340. The largest absolute Gasteiger partial charge is 0.234 e. The molecule has 2 heteroatoms. The predicted molar refractivity (Wildman–Crippen MR) is 39.9 cm³/mol. The summed E-state index contributed by atoms with van der Waals surface area (Å²) in [5.41, 5.74) is 0. The van der Waals surface area contributed by atoms with Gasteiger partial charge in [-0.1, -0.05) is 0 Å². The van der Waals surface area contributed by atoms with E-state index in [4.69, 9.17) is 11.6 Å². The molecular weight excluding hydrogens is 134 g/mol. The van der Waals surface area contributed by atoms with Gasteiger partial charge in [0.2, 0.25) is 0 Å². The van der Waals surface area contributed by atoms with Crippen molar-refractivity contribution >= 4 is 11.6 Å². The number of hydrogen-bond acceptors (Lipinski definition) is 0. The van der Waals surface area contributed by atoms with E-state index in [1.165, 1.54) is 6.42 Å². The molecule has 0 N–H and O–H groups in total. The molecule has 0 aliphatic heterocycles. The first-order valence-electron chi connectivity index (χ1n) is 3.54. The van der Waals surface area contributed by atoms with Gasteiger partial charge in [0, 0.05) is 12.1 Å². The lowest BCUT2D eigenvalue weighted by Gasteiger charge is -2.32. The van der Waals surface area contributed by atoms with Crippen LogP contribution in [-0.4, -0.2) is 17.5 Å². The maximum absolute atomic E-state index is 5.87. The molecule has 0 spiro atoms. The summed E-state index contributed by atoms with van der Waals surface area (Å²) in [6, 6.07) is 0.920. The molecule has 0 amide bonds. The number of alkyl halides is 1. The van der Waals surface area contributed by atoms with Crippen molar-refractivity contribution in [3.05, 3.63) is 0 Å². The smallest absolute Gasteiger partial charge is 0.0506 e. The molecule has 0 bridgehead atoms. The van der Waals surface area contributed by atoms with Crippen LogP contribution in [0.1, 0.15) is 26.7 Å². The van der Waals surface area contributed by atoms with Gasteiger partial charge in [-0.25, -0.2) is 5.32 Å². The Kier molecular flexibility index (Phi) is 2.36. The second kappa shape index (κ2) is 2.89. The molecule has 1 saturated carbocycles. The van der Waals surface area contributed by atoms with Gasteiger partial charge in [0.15, 0.2) is 0 Å². The van der Waals surface area contributed by atoms with Crippen LogP contribution in [0.4, 0.5) is 0 Å². The first-order chi connectivity index (χ1) is 4.20. The minimum atomic E-state index is 0.340. The molecule has 0 heterocycles. The summed E-state index contributed by atoms with van der Waals surface area (Å²) in [5, 5.41) is 4.77. The van der Waals surface area contributed by atoms with Gasteiger partial charge in [0.05, 0.1) is 5.38 Å². The highest BCUT2D eigenvalue weighted by molar-refractivity contribution is 6.21. The molecule has 9 heavy (non-hydrogen) atoms. The van der Waals surface area contributed by atoms with Crippen LogP contribution >= 0.6 is 11.6 Å². The quantitative estimate of drug-likeness (QED) is 0.528. The molecule has 53 valence electrons. The van der Waals surface area contributed by atoms with E-state index in [-0.39, 0.29) is 0 Å². The molecule has 2 unspecified atom stereocenters. The fourth-order valence-electron chi connectivity index (χ4n) is 0.993. The number of halogens is 1. The summed E-state index contributed by atoms with van der Waals surface area (Å²) < 4.78 is 0. The van der Waals surface area contributed by atoms with E-state index >= 15 is 0 Å². The van der Waals surface area contributed by atoms with Crippen LogP contribution in [0.3, 0.4) is 0 Å². The Balaban J connectivity index is 2.13. The Morgan fingerprint density at radius 2 is 2.11 bits per heavy atom. The molecule has 1 aliphatic rings. The molecule has 0 aromatic heterocycles. The maximum atomic E-state index is 5.87. The Labute approximate surface area is 61.8 Å². The van der Waals surface area contributed by atoms with Crippen molar-refractivity contribution in [2.45, 2.75) is 44.1 Å². The van der Waals surface area contributed by atoms with E-state index in [2.05, 4.69) is 19.2 Å². The topological polar surface area (TPSA) is 14.1 Å². The SMILES string of the molecule is CC(C)[N]C1CCC1Cl. The van der Waals surface area contributed by atoms with Crippen molar-refractivity contribution in [2.24, 2.45) is 0 Å².